The number of rotatable bonds is 3. The van der Waals surface area contributed by atoms with Gasteiger partial charge in [0.1, 0.15) is 4.90 Å². The first-order chi connectivity index (χ1) is 10.5. The van der Waals surface area contributed by atoms with Crippen LogP contribution in [0.4, 0.5) is 13.2 Å². The predicted octanol–water partition coefficient (Wildman–Crippen LogP) is 3.11. The van der Waals surface area contributed by atoms with Gasteiger partial charge in [-0.25, -0.2) is 8.42 Å². The summed E-state index contributed by atoms with van der Waals surface area (Å²) in [5, 5.41) is -0.428. The van der Waals surface area contributed by atoms with E-state index in [0.717, 1.165) is 18.6 Å². The molecule has 0 bridgehead atoms. The van der Waals surface area contributed by atoms with Crippen molar-refractivity contribution in [3.8, 4) is 0 Å². The van der Waals surface area contributed by atoms with E-state index in [4.69, 9.17) is 17.3 Å². The third-order valence-electron chi connectivity index (χ3n) is 4.04. The topological polar surface area (TPSA) is 63.4 Å². The number of alkyl halides is 3. The molecule has 1 aliphatic heterocycles. The van der Waals surface area contributed by atoms with Crippen LogP contribution in [0.2, 0.25) is 5.02 Å². The lowest BCUT2D eigenvalue weighted by Crippen LogP contribution is -2.45. The van der Waals surface area contributed by atoms with E-state index in [0.29, 0.717) is 19.0 Å². The van der Waals surface area contributed by atoms with E-state index in [-0.39, 0.29) is 23.4 Å². The molecule has 0 amide bonds. The van der Waals surface area contributed by atoms with Crippen LogP contribution in [-0.4, -0.2) is 31.9 Å². The quantitative estimate of drug-likeness (QED) is 0.889. The standard InChI is InChI=1S/C14H18ClF3N2O2S/c1-9(19)10-3-2-6-20(8-10)23(21,22)13-5-4-11(7-12(13)15)14(16,17)18/h4-5,7,9-10H,2-3,6,8,19H2,1H3/t9-,10-/m1/s1. The Bertz CT molecular complexity index is 677. The molecule has 2 rings (SSSR count). The molecule has 1 heterocycles. The molecule has 1 saturated heterocycles. The molecule has 1 fully saturated rings. The van der Waals surface area contributed by atoms with Crippen LogP contribution in [-0.2, 0) is 16.2 Å². The van der Waals surface area contributed by atoms with Crippen LogP contribution in [0.5, 0.6) is 0 Å². The first-order valence-corrected chi connectivity index (χ1v) is 8.97. The van der Waals surface area contributed by atoms with Crippen molar-refractivity contribution in [3.63, 3.8) is 0 Å². The number of nitrogens with zero attached hydrogens (tertiary/aromatic N) is 1. The summed E-state index contributed by atoms with van der Waals surface area (Å²) in [4.78, 5) is -0.308. The van der Waals surface area contributed by atoms with E-state index in [1.807, 2.05) is 6.92 Å². The summed E-state index contributed by atoms with van der Waals surface area (Å²) >= 11 is 5.81. The molecule has 0 aliphatic carbocycles. The number of nitrogens with two attached hydrogens (primary N) is 1. The molecule has 2 N–H and O–H groups in total. The Balaban J connectivity index is 2.33. The molecule has 1 aromatic rings. The average Bonchev–Trinajstić information content (AvgIpc) is 2.46. The number of sulfonamides is 1. The Labute approximate surface area is 138 Å². The van der Waals surface area contributed by atoms with E-state index in [9.17, 15) is 21.6 Å². The zero-order valence-electron chi connectivity index (χ0n) is 12.5. The molecule has 9 heteroatoms. The fourth-order valence-corrected chi connectivity index (χ4v) is 4.70. The Morgan fingerprint density at radius 3 is 2.57 bits per heavy atom. The highest BCUT2D eigenvalue weighted by molar-refractivity contribution is 7.89. The van der Waals surface area contributed by atoms with Crippen LogP contribution < -0.4 is 5.73 Å². The molecule has 0 radical (unpaired) electrons. The minimum absolute atomic E-state index is 0.0201. The maximum Gasteiger partial charge on any atom is 0.416 e. The van der Waals surface area contributed by atoms with Crippen molar-refractivity contribution < 1.29 is 21.6 Å². The average molecular weight is 371 g/mol. The minimum Gasteiger partial charge on any atom is -0.328 e. The fraction of sp³-hybridized carbons (Fsp3) is 0.571. The highest BCUT2D eigenvalue weighted by Crippen LogP contribution is 2.35. The highest BCUT2D eigenvalue weighted by atomic mass is 35.5. The molecule has 130 valence electrons. The number of benzene rings is 1. The highest BCUT2D eigenvalue weighted by Gasteiger charge is 2.35. The maximum absolute atomic E-state index is 12.7. The summed E-state index contributed by atoms with van der Waals surface area (Å²) in [6.45, 7) is 2.37. The smallest absolute Gasteiger partial charge is 0.328 e. The van der Waals surface area contributed by atoms with Gasteiger partial charge in [0, 0.05) is 19.1 Å². The van der Waals surface area contributed by atoms with Gasteiger partial charge in [0.2, 0.25) is 10.0 Å². The van der Waals surface area contributed by atoms with Gasteiger partial charge in [-0.05, 0) is 43.9 Å². The van der Waals surface area contributed by atoms with Crippen LogP contribution in [0.1, 0.15) is 25.3 Å². The van der Waals surface area contributed by atoms with Gasteiger partial charge in [-0.1, -0.05) is 11.6 Å². The summed E-state index contributed by atoms with van der Waals surface area (Å²) in [6, 6.07) is 2.12. The molecule has 1 aromatic carbocycles. The monoisotopic (exact) mass is 370 g/mol. The second-order valence-electron chi connectivity index (χ2n) is 5.77. The maximum atomic E-state index is 12.7. The first-order valence-electron chi connectivity index (χ1n) is 7.16. The van der Waals surface area contributed by atoms with E-state index >= 15 is 0 Å². The fourth-order valence-electron chi connectivity index (χ4n) is 2.65. The van der Waals surface area contributed by atoms with Gasteiger partial charge in [0.25, 0.3) is 0 Å². The molecular formula is C14H18ClF3N2O2S. The number of piperidine rings is 1. The molecule has 23 heavy (non-hydrogen) atoms. The van der Waals surface area contributed by atoms with E-state index in [2.05, 4.69) is 0 Å². The van der Waals surface area contributed by atoms with E-state index in [1.54, 1.807) is 0 Å². The summed E-state index contributed by atoms with van der Waals surface area (Å²) < 4.78 is 64.5. The predicted molar refractivity (Wildman–Crippen MR) is 81.6 cm³/mol. The summed E-state index contributed by atoms with van der Waals surface area (Å²) in [7, 11) is -3.94. The normalized spacial score (nSPS) is 22.1. The van der Waals surface area contributed by atoms with Crippen molar-refractivity contribution in [1.29, 1.82) is 0 Å². The lowest BCUT2D eigenvalue weighted by Gasteiger charge is -2.34. The van der Waals surface area contributed by atoms with Crippen LogP contribution in [0.3, 0.4) is 0 Å². The van der Waals surface area contributed by atoms with Crippen LogP contribution in [0, 0.1) is 5.92 Å². The molecule has 0 aromatic heterocycles. The van der Waals surface area contributed by atoms with Crippen molar-refractivity contribution in [2.24, 2.45) is 11.7 Å². The Morgan fingerprint density at radius 2 is 2.04 bits per heavy atom. The lowest BCUT2D eigenvalue weighted by atomic mass is 9.93. The Morgan fingerprint density at radius 1 is 1.39 bits per heavy atom. The Kier molecular flexibility index (Phi) is 5.30. The van der Waals surface area contributed by atoms with Crippen molar-refractivity contribution in [3.05, 3.63) is 28.8 Å². The molecule has 0 unspecified atom stereocenters. The second-order valence-corrected chi connectivity index (χ2v) is 8.08. The zero-order chi connectivity index (χ0) is 17.4. The van der Waals surface area contributed by atoms with Gasteiger partial charge >= 0.3 is 6.18 Å². The molecule has 0 saturated carbocycles. The second kappa shape index (κ2) is 6.58. The molecular weight excluding hydrogens is 353 g/mol. The largest absolute Gasteiger partial charge is 0.416 e. The summed E-state index contributed by atoms with van der Waals surface area (Å²) in [5.41, 5.74) is 4.86. The summed E-state index contributed by atoms with van der Waals surface area (Å²) in [5.74, 6) is 0.0201. The van der Waals surface area contributed by atoms with Crippen molar-refractivity contribution in [2.75, 3.05) is 13.1 Å². The van der Waals surface area contributed by atoms with Gasteiger partial charge < -0.3 is 5.73 Å². The van der Waals surface area contributed by atoms with Crippen molar-refractivity contribution >= 4 is 21.6 Å². The van der Waals surface area contributed by atoms with E-state index in [1.165, 1.54) is 4.31 Å². The van der Waals surface area contributed by atoms with Crippen LogP contribution in [0.15, 0.2) is 23.1 Å². The number of halogens is 4. The van der Waals surface area contributed by atoms with Gasteiger partial charge in [0.05, 0.1) is 10.6 Å². The molecule has 1 aliphatic rings. The third kappa shape index (κ3) is 3.99. The van der Waals surface area contributed by atoms with Gasteiger partial charge in [-0.2, -0.15) is 17.5 Å². The zero-order valence-corrected chi connectivity index (χ0v) is 14.0. The Hall–Kier alpha value is -0.830. The van der Waals surface area contributed by atoms with E-state index < -0.39 is 26.8 Å². The molecule has 4 nitrogen and oxygen atoms in total. The molecule has 2 atom stereocenters. The van der Waals surface area contributed by atoms with Gasteiger partial charge in [-0.3, -0.25) is 0 Å². The summed E-state index contributed by atoms with van der Waals surface area (Å²) in [6.07, 6.45) is -3.09. The van der Waals surface area contributed by atoms with Crippen molar-refractivity contribution in [2.45, 2.75) is 36.9 Å². The van der Waals surface area contributed by atoms with Gasteiger partial charge in [-0.15, -0.1) is 0 Å². The molecule has 0 spiro atoms. The van der Waals surface area contributed by atoms with Crippen LogP contribution in [0.25, 0.3) is 0 Å². The third-order valence-corrected chi connectivity index (χ3v) is 6.39. The minimum atomic E-state index is -4.57. The first kappa shape index (κ1) is 18.5. The number of hydrogen-bond donors (Lipinski definition) is 1. The van der Waals surface area contributed by atoms with Gasteiger partial charge in [0.15, 0.2) is 0 Å². The SMILES string of the molecule is C[C@@H](N)[C@@H]1CCCN(S(=O)(=O)c2ccc(C(F)(F)F)cc2Cl)C1. The van der Waals surface area contributed by atoms with Crippen LogP contribution >= 0.6 is 11.6 Å². The lowest BCUT2D eigenvalue weighted by molar-refractivity contribution is -0.137. The number of hydrogen-bond acceptors (Lipinski definition) is 3. The van der Waals surface area contributed by atoms with Crippen molar-refractivity contribution in [1.82, 2.24) is 4.31 Å².